The van der Waals surface area contributed by atoms with Crippen molar-refractivity contribution in [2.24, 2.45) is 5.10 Å². The number of carbonyl (C=O) groups excluding carboxylic acids is 1. The Hall–Kier alpha value is -3.28. The van der Waals surface area contributed by atoms with Gasteiger partial charge in [0, 0.05) is 0 Å². The molecule has 0 atom stereocenters. The second-order valence-corrected chi connectivity index (χ2v) is 5.33. The predicted molar refractivity (Wildman–Crippen MR) is 94.3 cm³/mol. The summed E-state index contributed by atoms with van der Waals surface area (Å²) < 4.78 is 1.55. The number of hydrogen-bond acceptors (Lipinski definition) is 4. The molecule has 1 heterocycles. The van der Waals surface area contributed by atoms with E-state index in [2.05, 4.69) is 20.8 Å². The molecule has 0 radical (unpaired) electrons. The van der Waals surface area contributed by atoms with Crippen LogP contribution in [0.4, 0.5) is 0 Å². The summed E-state index contributed by atoms with van der Waals surface area (Å²) in [7, 11) is 0. The number of fused-ring (bicyclic) bond motifs is 1. The smallest absolute Gasteiger partial charge is 0.261 e. The number of benzene rings is 2. The maximum Gasteiger partial charge on any atom is 0.261 e. The molecular weight excluding hydrogens is 302 g/mol. The lowest BCUT2D eigenvalue weighted by Gasteiger charge is -2.01. The third kappa shape index (κ3) is 3.92. The lowest BCUT2D eigenvalue weighted by molar-refractivity contribution is -0.121. The molecule has 120 valence electrons. The van der Waals surface area contributed by atoms with Gasteiger partial charge in [0.2, 0.25) is 0 Å². The number of para-hydroxylation sites is 1. The summed E-state index contributed by atoms with van der Waals surface area (Å²) in [5.74, 6) is -0.255. The zero-order chi connectivity index (χ0) is 16.8. The summed E-state index contributed by atoms with van der Waals surface area (Å²) in [6.07, 6.45) is 3.60. The second kappa shape index (κ2) is 7.32. The number of nitrogens with one attached hydrogen (secondary N) is 1. The molecule has 0 aliphatic heterocycles. The second-order valence-electron chi connectivity index (χ2n) is 5.33. The standard InChI is InChI=1S/C18H17N5O/c1-14(11-15-7-3-2-4-8-15)12-19-21-18(24)13-23-17-10-6-5-9-16(17)20-22-23/h2-12H,13H2,1H3,(H,21,24)/b14-11+,19-12+. The van der Waals surface area contributed by atoms with Crippen molar-refractivity contribution in [3.05, 3.63) is 65.7 Å². The Kier molecular flexibility index (Phi) is 4.76. The quantitative estimate of drug-likeness (QED) is 0.580. The van der Waals surface area contributed by atoms with Gasteiger partial charge in [0.1, 0.15) is 12.1 Å². The highest BCUT2D eigenvalue weighted by Crippen LogP contribution is 2.09. The van der Waals surface area contributed by atoms with Crippen LogP contribution in [-0.4, -0.2) is 27.1 Å². The summed E-state index contributed by atoms with van der Waals surface area (Å²) in [6, 6.07) is 17.4. The molecular formula is C18H17N5O. The van der Waals surface area contributed by atoms with Crippen LogP contribution in [0, 0.1) is 0 Å². The van der Waals surface area contributed by atoms with E-state index in [1.165, 1.54) is 0 Å². The van der Waals surface area contributed by atoms with E-state index < -0.39 is 0 Å². The molecule has 3 aromatic rings. The number of rotatable bonds is 5. The number of amides is 1. The van der Waals surface area contributed by atoms with Crippen LogP contribution in [0.2, 0.25) is 0 Å². The Morgan fingerprint density at radius 2 is 1.92 bits per heavy atom. The third-order valence-corrected chi connectivity index (χ3v) is 3.36. The van der Waals surface area contributed by atoms with Crippen molar-refractivity contribution in [2.75, 3.05) is 0 Å². The van der Waals surface area contributed by atoms with E-state index in [4.69, 9.17) is 0 Å². The Morgan fingerprint density at radius 1 is 1.17 bits per heavy atom. The van der Waals surface area contributed by atoms with Crippen LogP contribution < -0.4 is 5.43 Å². The molecule has 24 heavy (non-hydrogen) atoms. The Balaban J connectivity index is 1.58. The summed E-state index contributed by atoms with van der Waals surface area (Å²) in [5, 5.41) is 12.0. The number of allylic oxidation sites excluding steroid dienone is 1. The Bertz CT molecular complexity index is 896. The van der Waals surface area contributed by atoms with E-state index in [9.17, 15) is 4.79 Å². The summed E-state index contributed by atoms with van der Waals surface area (Å²) in [6.45, 7) is 1.99. The van der Waals surface area contributed by atoms with Gasteiger partial charge in [0.25, 0.3) is 5.91 Å². The normalized spacial score (nSPS) is 12.0. The first-order valence-electron chi connectivity index (χ1n) is 7.56. The van der Waals surface area contributed by atoms with Crippen molar-refractivity contribution >= 4 is 29.2 Å². The molecule has 0 spiro atoms. The average molecular weight is 319 g/mol. The minimum Gasteiger partial charge on any atom is -0.271 e. The minimum absolute atomic E-state index is 0.0688. The van der Waals surface area contributed by atoms with Crippen LogP contribution >= 0.6 is 0 Å². The Labute approximate surface area is 139 Å². The van der Waals surface area contributed by atoms with Crippen LogP contribution in [0.5, 0.6) is 0 Å². The number of nitrogens with zero attached hydrogens (tertiary/aromatic N) is 4. The van der Waals surface area contributed by atoms with E-state index >= 15 is 0 Å². The summed E-state index contributed by atoms with van der Waals surface area (Å²) in [5.41, 5.74) is 6.10. The van der Waals surface area contributed by atoms with Gasteiger partial charge >= 0.3 is 0 Å². The minimum atomic E-state index is -0.255. The number of hydrogen-bond donors (Lipinski definition) is 1. The summed E-state index contributed by atoms with van der Waals surface area (Å²) >= 11 is 0. The van der Waals surface area contributed by atoms with Gasteiger partial charge in [0.05, 0.1) is 11.7 Å². The fraction of sp³-hybridized carbons (Fsp3) is 0.111. The van der Waals surface area contributed by atoms with E-state index in [0.29, 0.717) is 0 Å². The first-order valence-corrected chi connectivity index (χ1v) is 7.56. The largest absolute Gasteiger partial charge is 0.271 e. The molecule has 0 aliphatic rings. The highest BCUT2D eigenvalue weighted by Gasteiger charge is 2.07. The molecule has 1 N–H and O–H groups in total. The Morgan fingerprint density at radius 3 is 2.75 bits per heavy atom. The van der Waals surface area contributed by atoms with Gasteiger partial charge in [-0.15, -0.1) is 5.10 Å². The predicted octanol–water partition coefficient (Wildman–Crippen LogP) is 2.64. The summed E-state index contributed by atoms with van der Waals surface area (Å²) in [4.78, 5) is 12.0. The first-order chi connectivity index (χ1) is 11.7. The number of carbonyl (C=O) groups is 1. The zero-order valence-corrected chi connectivity index (χ0v) is 13.3. The van der Waals surface area contributed by atoms with Crippen molar-refractivity contribution in [2.45, 2.75) is 13.5 Å². The molecule has 0 aliphatic carbocycles. The molecule has 0 saturated carbocycles. The van der Waals surface area contributed by atoms with Crippen molar-refractivity contribution in [3.63, 3.8) is 0 Å². The maximum absolute atomic E-state index is 12.0. The van der Waals surface area contributed by atoms with Crippen LogP contribution in [-0.2, 0) is 11.3 Å². The van der Waals surface area contributed by atoms with Crippen molar-refractivity contribution in [3.8, 4) is 0 Å². The lowest BCUT2D eigenvalue weighted by atomic mass is 10.1. The first kappa shape index (κ1) is 15.6. The SMILES string of the molecule is CC(/C=N/NC(=O)Cn1nnc2ccccc21)=C\c1ccccc1. The molecule has 0 bridgehead atoms. The van der Waals surface area contributed by atoms with Crippen molar-refractivity contribution in [1.82, 2.24) is 20.4 Å². The third-order valence-electron chi connectivity index (χ3n) is 3.36. The maximum atomic E-state index is 12.0. The van der Waals surface area contributed by atoms with Crippen LogP contribution in [0.25, 0.3) is 17.1 Å². The highest BCUT2D eigenvalue weighted by molar-refractivity contribution is 5.86. The van der Waals surface area contributed by atoms with Gasteiger partial charge in [0.15, 0.2) is 0 Å². The van der Waals surface area contributed by atoms with Gasteiger partial charge in [-0.3, -0.25) is 4.79 Å². The average Bonchev–Trinajstić information content (AvgIpc) is 2.99. The monoisotopic (exact) mass is 319 g/mol. The van der Waals surface area contributed by atoms with Crippen LogP contribution in [0.1, 0.15) is 12.5 Å². The number of hydrazone groups is 1. The molecule has 0 saturated heterocycles. The highest BCUT2D eigenvalue weighted by atomic mass is 16.2. The topological polar surface area (TPSA) is 72.2 Å². The van der Waals surface area contributed by atoms with Gasteiger partial charge in [-0.1, -0.05) is 53.8 Å². The van der Waals surface area contributed by atoms with Gasteiger partial charge in [-0.2, -0.15) is 5.10 Å². The molecule has 1 aromatic heterocycles. The fourth-order valence-electron chi connectivity index (χ4n) is 2.26. The van der Waals surface area contributed by atoms with E-state index in [0.717, 1.165) is 22.2 Å². The van der Waals surface area contributed by atoms with Gasteiger partial charge in [-0.25, -0.2) is 10.1 Å². The molecule has 2 aromatic carbocycles. The molecule has 1 amide bonds. The van der Waals surface area contributed by atoms with Gasteiger partial charge < -0.3 is 0 Å². The molecule has 6 nitrogen and oxygen atoms in total. The molecule has 0 unspecified atom stereocenters. The molecule has 3 rings (SSSR count). The lowest BCUT2D eigenvalue weighted by Crippen LogP contribution is -2.23. The van der Waals surface area contributed by atoms with Crippen molar-refractivity contribution in [1.29, 1.82) is 0 Å². The van der Waals surface area contributed by atoms with E-state index in [-0.39, 0.29) is 12.5 Å². The van der Waals surface area contributed by atoms with E-state index in [1.54, 1.807) is 10.9 Å². The molecule has 6 heteroatoms. The van der Waals surface area contributed by atoms with E-state index in [1.807, 2.05) is 67.6 Å². The van der Waals surface area contributed by atoms with Crippen molar-refractivity contribution < 1.29 is 4.79 Å². The molecule has 0 fully saturated rings. The van der Waals surface area contributed by atoms with Crippen LogP contribution in [0.3, 0.4) is 0 Å². The van der Waals surface area contributed by atoms with Gasteiger partial charge in [-0.05, 0) is 30.2 Å². The zero-order valence-electron chi connectivity index (χ0n) is 13.3. The number of aromatic nitrogens is 3. The van der Waals surface area contributed by atoms with Crippen LogP contribution in [0.15, 0.2) is 65.3 Å². The fourth-order valence-corrected chi connectivity index (χ4v) is 2.26.